The number of anilines is 1. The second-order valence-electron chi connectivity index (χ2n) is 13.0. The molecule has 228 valence electrons. The lowest BCUT2D eigenvalue weighted by atomic mass is 9.76. The molecule has 0 bridgehead atoms. The Hall–Kier alpha value is -2.74. The van der Waals surface area contributed by atoms with Crippen molar-refractivity contribution in [1.29, 1.82) is 0 Å². The van der Waals surface area contributed by atoms with Crippen molar-refractivity contribution in [2.75, 3.05) is 44.2 Å². The van der Waals surface area contributed by atoms with Crippen LogP contribution < -0.4 is 15.2 Å². The summed E-state index contributed by atoms with van der Waals surface area (Å²) in [6.45, 7) is 15.3. The summed E-state index contributed by atoms with van der Waals surface area (Å²) in [5.41, 5.74) is 0.781. The molecular formula is C33H43Cl2N3O4. The average molecular weight is 617 g/mol. The topological polar surface area (TPSA) is 64.0 Å². The number of ether oxygens (including phenoxy) is 2. The standard InChI is InChI=1S/C33H43Cl2N3O4/c1-32(2,3)22-33(4,5)31(40)42-23-38-28-21-25(13-11-24(28)12-14-29(38)39)41-20-7-6-15-36-16-18-37(19-17-36)27-10-8-9-26(34)30(27)35/h8-14,21H,6-7,15-20,22-23H2,1-5H3. The molecule has 0 N–H and O–H groups in total. The molecule has 0 amide bonds. The molecule has 1 aliphatic rings. The first-order valence-electron chi connectivity index (χ1n) is 14.7. The molecule has 1 aliphatic heterocycles. The number of benzene rings is 2. The van der Waals surface area contributed by atoms with Gasteiger partial charge in [0.15, 0.2) is 6.73 Å². The Morgan fingerprint density at radius 2 is 1.64 bits per heavy atom. The van der Waals surface area contributed by atoms with Gasteiger partial charge in [0.25, 0.3) is 5.56 Å². The number of nitrogens with zero attached hydrogens (tertiary/aromatic N) is 3. The smallest absolute Gasteiger partial charge is 0.313 e. The Morgan fingerprint density at radius 3 is 2.36 bits per heavy atom. The lowest BCUT2D eigenvalue weighted by molar-refractivity contribution is -0.159. The maximum Gasteiger partial charge on any atom is 0.313 e. The van der Waals surface area contributed by atoms with Crippen molar-refractivity contribution >= 4 is 45.8 Å². The van der Waals surface area contributed by atoms with Gasteiger partial charge in [-0.3, -0.25) is 19.1 Å². The number of carbonyl (C=O) groups excluding carboxylic acids is 1. The van der Waals surface area contributed by atoms with E-state index in [1.54, 1.807) is 6.07 Å². The SMILES string of the molecule is CC(C)(C)CC(C)(C)C(=O)OCn1c(=O)ccc2ccc(OCCCCN3CCN(c4cccc(Cl)c4Cl)CC3)cc21. The van der Waals surface area contributed by atoms with E-state index in [1.165, 1.54) is 10.6 Å². The van der Waals surface area contributed by atoms with Gasteiger partial charge < -0.3 is 14.4 Å². The lowest BCUT2D eigenvalue weighted by Gasteiger charge is -2.36. The zero-order valence-corrected chi connectivity index (χ0v) is 26.9. The quantitative estimate of drug-likeness (QED) is 0.167. The van der Waals surface area contributed by atoms with Crippen LogP contribution in [0.5, 0.6) is 5.75 Å². The van der Waals surface area contributed by atoms with Crippen molar-refractivity contribution in [2.24, 2.45) is 10.8 Å². The third-order valence-corrected chi connectivity index (χ3v) is 8.40. The van der Waals surface area contributed by atoms with E-state index in [4.69, 9.17) is 32.7 Å². The summed E-state index contributed by atoms with van der Waals surface area (Å²) in [4.78, 5) is 30.4. The van der Waals surface area contributed by atoms with E-state index in [0.29, 0.717) is 34.3 Å². The van der Waals surface area contributed by atoms with Gasteiger partial charge in [0.1, 0.15) is 5.75 Å². The summed E-state index contributed by atoms with van der Waals surface area (Å²) in [6.07, 6.45) is 2.62. The number of rotatable bonds is 11. The molecule has 0 radical (unpaired) electrons. The van der Waals surface area contributed by atoms with E-state index in [0.717, 1.165) is 56.6 Å². The predicted molar refractivity (Wildman–Crippen MR) is 172 cm³/mol. The summed E-state index contributed by atoms with van der Waals surface area (Å²) in [7, 11) is 0. The van der Waals surface area contributed by atoms with E-state index >= 15 is 0 Å². The van der Waals surface area contributed by atoms with Gasteiger partial charge in [-0.2, -0.15) is 0 Å². The Bertz CT molecular complexity index is 1440. The third kappa shape index (κ3) is 8.42. The van der Waals surface area contributed by atoms with Crippen LogP contribution in [0.15, 0.2) is 53.3 Å². The van der Waals surface area contributed by atoms with Crippen LogP contribution in [-0.4, -0.2) is 54.8 Å². The van der Waals surface area contributed by atoms with Crippen molar-refractivity contribution in [1.82, 2.24) is 9.47 Å². The lowest BCUT2D eigenvalue weighted by Crippen LogP contribution is -2.46. The van der Waals surface area contributed by atoms with Gasteiger partial charge >= 0.3 is 5.97 Å². The molecule has 1 aromatic heterocycles. The molecule has 0 atom stereocenters. The number of piperazine rings is 1. The molecule has 0 aliphatic carbocycles. The number of aromatic nitrogens is 1. The minimum Gasteiger partial charge on any atom is -0.494 e. The van der Waals surface area contributed by atoms with Crippen LogP contribution in [0.2, 0.25) is 10.0 Å². The molecule has 2 aromatic carbocycles. The van der Waals surface area contributed by atoms with Gasteiger partial charge in [-0.25, -0.2) is 0 Å². The zero-order valence-electron chi connectivity index (χ0n) is 25.4. The molecule has 4 rings (SSSR count). The highest BCUT2D eigenvalue weighted by molar-refractivity contribution is 6.43. The van der Waals surface area contributed by atoms with Crippen molar-refractivity contribution in [2.45, 2.75) is 60.6 Å². The number of hydrogen-bond donors (Lipinski definition) is 0. The predicted octanol–water partition coefficient (Wildman–Crippen LogP) is 7.25. The van der Waals surface area contributed by atoms with E-state index in [-0.39, 0.29) is 23.7 Å². The minimum atomic E-state index is -0.655. The highest BCUT2D eigenvalue weighted by Gasteiger charge is 2.34. The second kappa shape index (κ2) is 13.7. The number of esters is 1. The molecule has 42 heavy (non-hydrogen) atoms. The first-order chi connectivity index (χ1) is 19.8. The van der Waals surface area contributed by atoms with Crippen molar-refractivity contribution in [3.05, 3.63) is 68.9 Å². The van der Waals surface area contributed by atoms with Crippen LogP contribution in [0.1, 0.15) is 53.9 Å². The van der Waals surface area contributed by atoms with Crippen LogP contribution in [-0.2, 0) is 16.3 Å². The Labute approximate surface area is 259 Å². The fourth-order valence-corrected chi connectivity index (χ4v) is 6.20. The monoisotopic (exact) mass is 615 g/mol. The number of halogens is 2. The van der Waals surface area contributed by atoms with E-state index < -0.39 is 5.41 Å². The molecule has 0 saturated carbocycles. The normalized spacial score (nSPS) is 14.8. The molecule has 2 heterocycles. The molecule has 0 spiro atoms. The maximum atomic E-state index is 12.9. The van der Waals surface area contributed by atoms with Crippen LogP contribution >= 0.6 is 23.2 Å². The average Bonchev–Trinajstić information content (AvgIpc) is 2.93. The maximum absolute atomic E-state index is 12.9. The first kappa shape index (κ1) is 32.2. The second-order valence-corrected chi connectivity index (χ2v) is 13.7. The molecular weight excluding hydrogens is 573 g/mol. The molecule has 9 heteroatoms. The van der Waals surface area contributed by atoms with Gasteiger partial charge in [-0.05, 0) is 80.8 Å². The van der Waals surface area contributed by atoms with Gasteiger partial charge in [0.05, 0.1) is 33.3 Å². The first-order valence-corrected chi connectivity index (χ1v) is 15.4. The zero-order chi connectivity index (χ0) is 30.5. The summed E-state index contributed by atoms with van der Waals surface area (Å²) >= 11 is 12.6. The van der Waals surface area contributed by atoms with E-state index in [9.17, 15) is 9.59 Å². The third-order valence-electron chi connectivity index (χ3n) is 7.60. The number of fused-ring (bicyclic) bond motifs is 1. The Balaban J connectivity index is 1.26. The molecule has 0 unspecified atom stereocenters. The summed E-state index contributed by atoms with van der Waals surface area (Å²) in [5, 5.41) is 2.09. The summed E-state index contributed by atoms with van der Waals surface area (Å²) < 4.78 is 13.2. The summed E-state index contributed by atoms with van der Waals surface area (Å²) in [6, 6.07) is 14.8. The minimum absolute atomic E-state index is 0.0214. The van der Waals surface area contributed by atoms with Gasteiger partial charge in [-0.1, -0.05) is 50.0 Å². The van der Waals surface area contributed by atoms with Crippen molar-refractivity contribution < 1.29 is 14.3 Å². The van der Waals surface area contributed by atoms with E-state index in [2.05, 4.69) is 30.6 Å². The van der Waals surface area contributed by atoms with Gasteiger partial charge in [0.2, 0.25) is 0 Å². The molecule has 1 saturated heterocycles. The highest BCUT2D eigenvalue weighted by atomic mass is 35.5. The largest absolute Gasteiger partial charge is 0.494 e. The van der Waals surface area contributed by atoms with Crippen molar-refractivity contribution in [3.63, 3.8) is 0 Å². The fraction of sp³-hybridized carbons (Fsp3) is 0.515. The molecule has 7 nitrogen and oxygen atoms in total. The number of pyridine rings is 1. The van der Waals surface area contributed by atoms with Crippen molar-refractivity contribution in [3.8, 4) is 5.75 Å². The van der Waals surface area contributed by atoms with E-state index in [1.807, 2.05) is 50.2 Å². The van der Waals surface area contributed by atoms with Gasteiger partial charge in [-0.15, -0.1) is 0 Å². The van der Waals surface area contributed by atoms with Crippen LogP contribution in [0, 0.1) is 10.8 Å². The highest BCUT2D eigenvalue weighted by Crippen LogP contribution is 2.35. The van der Waals surface area contributed by atoms with Gasteiger partial charge in [0, 0.05) is 38.3 Å². The Kier molecular flexibility index (Phi) is 10.5. The number of unbranched alkanes of at least 4 members (excludes halogenated alkanes) is 1. The Morgan fingerprint density at radius 1 is 0.929 bits per heavy atom. The van der Waals surface area contributed by atoms with Crippen LogP contribution in [0.4, 0.5) is 5.69 Å². The number of carbonyl (C=O) groups is 1. The summed E-state index contributed by atoms with van der Waals surface area (Å²) in [5.74, 6) is 0.372. The molecule has 1 fully saturated rings. The van der Waals surface area contributed by atoms with Crippen LogP contribution in [0.25, 0.3) is 10.9 Å². The van der Waals surface area contributed by atoms with Crippen LogP contribution in [0.3, 0.4) is 0 Å². The number of hydrogen-bond acceptors (Lipinski definition) is 6. The molecule has 3 aromatic rings. The fourth-order valence-electron chi connectivity index (χ4n) is 5.78.